The number of carbonyl (C=O) groups excluding carboxylic acids is 1. The second kappa shape index (κ2) is 6.47. The number of nitrogens with one attached hydrogen (secondary N) is 1. The van der Waals surface area contributed by atoms with Crippen LogP contribution in [0.25, 0.3) is 0 Å². The first-order valence-electron chi connectivity index (χ1n) is 6.72. The van der Waals surface area contributed by atoms with Gasteiger partial charge < -0.3 is 16.2 Å². The molecule has 0 aliphatic heterocycles. The molecule has 0 unspecified atom stereocenters. The molecule has 0 radical (unpaired) electrons. The Balaban J connectivity index is 1.68. The van der Waals surface area contributed by atoms with E-state index < -0.39 is 5.97 Å². The van der Waals surface area contributed by atoms with Crippen molar-refractivity contribution in [1.82, 2.24) is 20.3 Å². The van der Waals surface area contributed by atoms with Crippen LogP contribution in [0.1, 0.15) is 36.2 Å². The van der Waals surface area contributed by atoms with Crippen LogP contribution in [0.4, 0.5) is 0 Å². The molecule has 0 spiro atoms. The van der Waals surface area contributed by atoms with Gasteiger partial charge in [0.05, 0.1) is 12.7 Å². The van der Waals surface area contributed by atoms with Crippen molar-refractivity contribution in [3.05, 3.63) is 11.9 Å². The molecule has 1 saturated carbocycles. The SMILES string of the molecule is NC(=O)C1CCC(NCCn2cc(C(=O)O)nn2)CC1. The number of primary amides is 1. The molecule has 2 rings (SSSR count). The number of carboxylic acid groups (broad SMARTS) is 1. The summed E-state index contributed by atoms with van der Waals surface area (Å²) in [5, 5.41) is 19.4. The van der Waals surface area contributed by atoms with E-state index in [0.29, 0.717) is 19.1 Å². The smallest absolute Gasteiger partial charge is 0.358 e. The molecule has 1 aromatic rings. The summed E-state index contributed by atoms with van der Waals surface area (Å²) >= 11 is 0. The molecule has 0 saturated heterocycles. The molecule has 1 aromatic heterocycles. The van der Waals surface area contributed by atoms with Crippen LogP contribution in [0.5, 0.6) is 0 Å². The van der Waals surface area contributed by atoms with Crippen molar-refractivity contribution in [1.29, 1.82) is 0 Å². The molecule has 20 heavy (non-hydrogen) atoms. The quantitative estimate of drug-likeness (QED) is 0.652. The van der Waals surface area contributed by atoms with E-state index in [1.54, 1.807) is 0 Å². The van der Waals surface area contributed by atoms with Crippen LogP contribution in [0.2, 0.25) is 0 Å². The van der Waals surface area contributed by atoms with E-state index in [4.69, 9.17) is 10.8 Å². The second-order valence-corrected chi connectivity index (χ2v) is 5.08. The zero-order chi connectivity index (χ0) is 14.5. The third-order valence-electron chi connectivity index (χ3n) is 3.66. The maximum absolute atomic E-state index is 11.1. The molecule has 0 aromatic carbocycles. The number of hydrogen-bond donors (Lipinski definition) is 3. The Bertz CT molecular complexity index is 479. The van der Waals surface area contributed by atoms with Crippen molar-refractivity contribution in [2.24, 2.45) is 11.7 Å². The molecule has 1 heterocycles. The number of amides is 1. The van der Waals surface area contributed by atoms with Gasteiger partial charge in [-0.15, -0.1) is 5.10 Å². The molecule has 1 fully saturated rings. The lowest BCUT2D eigenvalue weighted by atomic mass is 9.85. The molecular weight excluding hydrogens is 262 g/mol. The Labute approximate surface area is 116 Å². The third-order valence-corrected chi connectivity index (χ3v) is 3.66. The molecule has 1 amide bonds. The van der Waals surface area contributed by atoms with Gasteiger partial charge in [-0.3, -0.25) is 9.48 Å². The Morgan fingerprint density at radius 1 is 1.40 bits per heavy atom. The maximum Gasteiger partial charge on any atom is 0.358 e. The molecule has 8 heteroatoms. The lowest BCUT2D eigenvalue weighted by molar-refractivity contribution is -0.122. The van der Waals surface area contributed by atoms with Crippen LogP contribution in [-0.2, 0) is 11.3 Å². The summed E-state index contributed by atoms with van der Waals surface area (Å²) in [7, 11) is 0. The van der Waals surface area contributed by atoms with Crippen molar-refractivity contribution in [3.63, 3.8) is 0 Å². The Hall–Kier alpha value is -1.96. The number of carbonyl (C=O) groups is 2. The van der Waals surface area contributed by atoms with E-state index in [0.717, 1.165) is 25.7 Å². The first-order chi connectivity index (χ1) is 9.56. The summed E-state index contributed by atoms with van der Waals surface area (Å²) in [6, 6.07) is 0.382. The van der Waals surface area contributed by atoms with Gasteiger partial charge in [0.2, 0.25) is 5.91 Å². The number of aromatic nitrogens is 3. The van der Waals surface area contributed by atoms with Crippen LogP contribution in [-0.4, -0.2) is 44.6 Å². The van der Waals surface area contributed by atoms with Crippen molar-refractivity contribution in [2.45, 2.75) is 38.3 Å². The van der Waals surface area contributed by atoms with Gasteiger partial charge in [0.15, 0.2) is 5.69 Å². The zero-order valence-corrected chi connectivity index (χ0v) is 11.2. The van der Waals surface area contributed by atoms with Crippen molar-refractivity contribution < 1.29 is 14.7 Å². The number of hydrogen-bond acceptors (Lipinski definition) is 5. The summed E-state index contributed by atoms with van der Waals surface area (Å²) < 4.78 is 1.51. The van der Waals surface area contributed by atoms with E-state index in [1.165, 1.54) is 10.9 Å². The highest BCUT2D eigenvalue weighted by Gasteiger charge is 2.24. The van der Waals surface area contributed by atoms with Gasteiger partial charge in [-0.25, -0.2) is 4.79 Å². The van der Waals surface area contributed by atoms with Gasteiger partial charge in [-0.1, -0.05) is 5.21 Å². The number of aromatic carboxylic acids is 1. The fourth-order valence-electron chi connectivity index (χ4n) is 2.47. The lowest BCUT2D eigenvalue weighted by Crippen LogP contribution is -2.38. The fourth-order valence-corrected chi connectivity index (χ4v) is 2.47. The molecule has 110 valence electrons. The largest absolute Gasteiger partial charge is 0.476 e. The van der Waals surface area contributed by atoms with Gasteiger partial charge in [0.25, 0.3) is 0 Å². The van der Waals surface area contributed by atoms with Crippen molar-refractivity contribution in [2.75, 3.05) is 6.54 Å². The minimum atomic E-state index is -1.08. The number of carboxylic acids is 1. The monoisotopic (exact) mass is 281 g/mol. The van der Waals surface area contributed by atoms with Crippen LogP contribution in [0.15, 0.2) is 6.20 Å². The highest BCUT2D eigenvalue weighted by molar-refractivity contribution is 5.84. The third kappa shape index (κ3) is 3.77. The Morgan fingerprint density at radius 3 is 2.65 bits per heavy atom. The Kier molecular flexibility index (Phi) is 4.67. The standard InChI is InChI=1S/C12H19N5O3/c13-11(18)8-1-3-9(4-2-8)14-5-6-17-7-10(12(19)20)15-16-17/h7-9,14H,1-6H2,(H2,13,18)(H,19,20). The highest BCUT2D eigenvalue weighted by atomic mass is 16.4. The second-order valence-electron chi connectivity index (χ2n) is 5.08. The summed E-state index contributed by atoms with van der Waals surface area (Å²) in [4.78, 5) is 21.7. The topological polar surface area (TPSA) is 123 Å². The van der Waals surface area contributed by atoms with E-state index in [-0.39, 0.29) is 17.5 Å². The van der Waals surface area contributed by atoms with Gasteiger partial charge in [-0.2, -0.15) is 0 Å². The predicted molar refractivity (Wildman–Crippen MR) is 69.9 cm³/mol. The van der Waals surface area contributed by atoms with Gasteiger partial charge >= 0.3 is 5.97 Å². The average Bonchev–Trinajstić information content (AvgIpc) is 2.88. The summed E-state index contributed by atoms with van der Waals surface area (Å²) in [5.41, 5.74) is 5.24. The fraction of sp³-hybridized carbons (Fsp3) is 0.667. The van der Waals surface area contributed by atoms with E-state index in [9.17, 15) is 9.59 Å². The van der Waals surface area contributed by atoms with E-state index in [2.05, 4.69) is 15.6 Å². The van der Waals surface area contributed by atoms with Crippen molar-refractivity contribution in [3.8, 4) is 0 Å². The molecular formula is C12H19N5O3. The van der Waals surface area contributed by atoms with Gasteiger partial charge in [0, 0.05) is 18.5 Å². The van der Waals surface area contributed by atoms with Gasteiger partial charge in [-0.05, 0) is 25.7 Å². The molecule has 0 atom stereocenters. The number of nitrogens with zero attached hydrogens (tertiary/aromatic N) is 3. The molecule has 1 aliphatic rings. The molecule has 0 bridgehead atoms. The normalized spacial score (nSPS) is 22.6. The van der Waals surface area contributed by atoms with Crippen LogP contribution in [0.3, 0.4) is 0 Å². The zero-order valence-electron chi connectivity index (χ0n) is 11.2. The predicted octanol–water partition coefficient (Wildman–Crippen LogP) is -0.390. The Morgan fingerprint density at radius 2 is 2.10 bits per heavy atom. The van der Waals surface area contributed by atoms with E-state index >= 15 is 0 Å². The lowest BCUT2D eigenvalue weighted by Gasteiger charge is -2.27. The van der Waals surface area contributed by atoms with E-state index in [1.807, 2.05) is 0 Å². The summed E-state index contributed by atoms with van der Waals surface area (Å²) in [6.45, 7) is 1.25. The first-order valence-corrected chi connectivity index (χ1v) is 6.72. The van der Waals surface area contributed by atoms with Gasteiger partial charge in [0.1, 0.15) is 0 Å². The number of nitrogens with two attached hydrogens (primary N) is 1. The maximum atomic E-state index is 11.1. The first kappa shape index (κ1) is 14.4. The molecule has 8 nitrogen and oxygen atoms in total. The minimum Gasteiger partial charge on any atom is -0.476 e. The average molecular weight is 281 g/mol. The van der Waals surface area contributed by atoms with Crippen LogP contribution < -0.4 is 11.1 Å². The highest BCUT2D eigenvalue weighted by Crippen LogP contribution is 2.23. The number of rotatable bonds is 6. The summed E-state index contributed by atoms with van der Waals surface area (Å²) in [6.07, 6.45) is 4.95. The van der Waals surface area contributed by atoms with Crippen LogP contribution in [0, 0.1) is 5.92 Å². The minimum absolute atomic E-state index is 0.0153. The summed E-state index contributed by atoms with van der Waals surface area (Å²) in [5.74, 6) is -1.26. The van der Waals surface area contributed by atoms with Crippen LogP contribution >= 0.6 is 0 Å². The van der Waals surface area contributed by atoms with Crippen molar-refractivity contribution >= 4 is 11.9 Å². The molecule has 1 aliphatic carbocycles. The molecule has 4 N–H and O–H groups in total.